The average molecular weight is 255 g/mol. The van der Waals surface area contributed by atoms with Gasteiger partial charge in [-0.2, -0.15) is 0 Å². The second-order valence-corrected chi connectivity index (χ2v) is 6.35. The maximum atomic E-state index is 12.0. The summed E-state index contributed by atoms with van der Waals surface area (Å²) in [7, 11) is 0. The highest BCUT2D eigenvalue weighted by molar-refractivity contribution is 5.84. The van der Waals surface area contributed by atoms with Crippen LogP contribution >= 0.6 is 0 Å². The molecule has 0 heterocycles. The normalized spacial score (nSPS) is 24.1. The van der Waals surface area contributed by atoms with Crippen LogP contribution in [0, 0.1) is 11.8 Å². The van der Waals surface area contributed by atoms with Crippen molar-refractivity contribution in [2.24, 2.45) is 11.8 Å². The number of nitrogens with one attached hydrogen (secondary N) is 1. The van der Waals surface area contributed by atoms with Crippen LogP contribution in [-0.4, -0.2) is 23.5 Å². The Labute approximate surface area is 109 Å². The van der Waals surface area contributed by atoms with Gasteiger partial charge in [-0.1, -0.05) is 20.3 Å². The molecule has 1 aliphatic rings. The molecule has 104 valence electrons. The molecule has 1 fully saturated rings. The maximum absolute atomic E-state index is 12.0. The van der Waals surface area contributed by atoms with Crippen molar-refractivity contribution in [3.63, 3.8) is 0 Å². The van der Waals surface area contributed by atoms with E-state index in [9.17, 15) is 9.59 Å². The molecule has 1 saturated carbocycles. The molecule has 1 rings (SSSR count). The lowest BCUT2D eigenvalue weighted by molar-refractivity contribution is -0.126. The van der Waals surface area contributed by atoms with Crippen LogP contribution in [0.2, 0.25) is 0 Å². The van der Waals surface area contributed by atoms with E-state index in [0.29, 0.717) is 0 Å². The van der Waals surface area contributed by atoms with Crippen molar-refractivity contribution in [3.05, 3.63) is 0 Å². The standard InChI is InChI=1S/C14H25NO3/c1-9(2)12(16)10-7-6-8-11(10)15-13(17)18-14(3,4)5/h9-11H,6-8H2,1-5H3,(H,15,17)/t10-,11-/m1/s1. The second kappa shape index (κ2) is 5.72. The quantitative estimate of drug-likeness (QED) is 0.843. The zero-order valence-corrected chi connectivity index (χ0v) is 12.1. The first-order valence-corrected chi connectivity index (χ1v) is 6.74. The maximum Gasteiger partial charge on any atom is 0.407 e. The lowest BCUT2D eigenvalue weighted by atomic mass is 9.91. The Hall–Kier alpha value is -1.06. The van der Waals surface area contributed by atoms with Crippen LogP contribution in [0.25, 0.3) is 0 Å². The van der Waals surface area contributed by atoms with E-state index in [1.165, 1.54) is 0 Å². The Morgan fingerprint density at radius 2 is 1.83 bits per heavy atom. The van der Waals surface area contributed by atoms with Gasteiger partial charge in [-0.05, 0) is 33.6 Å². The van der Waals surface area contributed by atoms with Crippen molar-refractivity contribution in [2.75, 3.05) is 0 Å². The van der Waals surface area contributed by atoms with Crippen LogP contribution in [0.4, 0.5) is 4.79 Å². The molecular weight excluding hydrogens is 230 g/mol. The number of rotatable bonds is 3. The number of alkyl carbamates (subject to hydrolysis) is 1. The minimum absolute atomic E-state index is 0.0241. The highest BCUT2D eigenvalue weighted by Gasteiger charge is 2.35. The van der Waals surface area contributed by atoms with Gasteiger partial charge in [0, 0.05) is 17.9 Å². The minimum atomic E-state index is -0.500. The third kappa shape index (κ3) is 4.31. The van der Waals surface area contributed by atoms with Crippen LogP contribution < -0.4 is 5.32 Å². The monoisotopic (exact) mass is 255 g/mol. The predicted molar refractivity (Wildman–Crippen MR) is 70.3 cm³/mol. The zero-order chi connectivity index (χ0) is 13.9. The van der Waals surface area contributed by atoms with Gasteiger partial charge in [0.05, 0.1) is 0 Å². The van der Waals surface area contributed by atoms with Gasteiger partial charge < -0.3 is 10.1 Å². The van der Waals surface area contributed by atoms with Gasteiger partial charge in [-0.15, -0.1) is 0 Å². The molecule has 0 aliphatic heterocycles. The molecule has 1 N–H and O–H groups in total. The number of amides is 1. The van der Waals surface area contributed by atoms with E-state index in [0.717, 1.165) is 19.3 Å². The van der Waals surface area contributed by atoms with Crippen LogP contribution in [0.5, 0.6) is 0 Å². The molecule has 0 spiro atoms. The summed E-state index contributed by atoms with van der Waals surface area (Å²) in [5.74, 6) is 0.224. The van der Waals surface area contributed by atoms with Crippen molar-refractivity contribution in [3.8, 4) is 0 Å². The molecule has 0 aromatic heterocycles. The third-order valence-electron chi connectivity index (χ3n) is 3.15. The molecule has 0 saturated heterocycles. The molecule has 0 aromatic rings. The summed E-state index contributed by atoms with van der Waals surface area (Å²) in [5, 5.41) is 2.84. The Kier molecular flexibility index (Phi) is 4.77. The van der Waals surface area contributed by atoms with Crippen molar-refractivity contribution >= 4 is 11.9 Å². The van der Waals surface area contributed by atoms with Gasteiger partial charge in [0.15, 0.2) is 0 Å². The van der Waals surface area contributed by atoms with Gasteiger partial charge >= 0.3 is 6.09 Å². The molecule has 0 unspecified atom stereocenters. The molecule has 18 heavy (non-hydrogen) atoms. The Morgan fingerprint density at radius 3 is 2.33 bits per heavy atom. The first kappa shape index (κ1) is 15.0. The minimum Gasteiger partial charge on any atom is -0.444 e. The molecule has 1 aliphatic carbocycles. The summed E-state index contributed by atoms with van der Waals surface area (Å²) in [6.45, 7) is 9.31. The lowest BCUT2D eigenvalue weighted by Crippen LogP contribution is -2.43. The number of carbonyl (C=O) groups excluding carboxylic acids is 2. The highest BCUT2D eigenvalue weighted by atomic mass is 16.6. The first-order chi connectivity index (χ1) is 8.20. The van der Waals surface area contributed by atoms with E-state index in [4.69, 9.17) is 4.74 Å². The molecule has 0 radical (unpaired) electrons. The summed E-state index contributed by atoms with van der Waals surface area (Å²) in [6, 6.07) is -0.0604. The van der Waals surface area contributed by atoms with Gasteiger partial charge in [0.1, 0.15) is 11.4 Å². The zero-order valence-electron chi connectivity index (χ0n) is 12.1. The Morgan fingerprint density at radius 1 is 1.22 bits per heavy atom. The molecule has 2 atom stereocenters. The fourth-order valence-corrected chi connectivity index (χ4v) is 2.36. The van der Waals surface area contributed by atoms with E-state index in [2.05, 4.69) is 5.32 Å². The number of carbonyl (C=O) groups is 2. The Balaban J connectivity index is 2.55. The largest absolute Gasteiger partial charge is 0.444 e. The van der Waals surface area contributed by atoms with Gasteiger partial charge in [0.2, 0.25) is 0 Å². The van der Waals surface area contributed by atoms with E-state index in [-0.39, 0.29) is 23.7 Å². The van der Waals surface area contributed by atoms with Crippen molar-refractivity contribution in [1.29, 1.82) is 0 Å². The fraction of sp³-hybridized carbons (Fsp3) is 0.857. The number of ether oxygens (including phenoxy) is 1. The second-order valence-electron chi connectivity index (χ2n) is 6.35. The van der Waals surface area contributed by atoms with Crippen LogP contribution in [-0.2, 0) is 9.53 Å². The average Bonchev–Trinajstić information content (AvgIpc) is 2.61. The summed E-state index contributed by atoms with van der Waals surface area (Å²) < 4.78 is 5.23. The van der Waals surface area contributed by atoms with E-state index < -0.39 is 11.7 Å². The molecule has 0 aromatic carbocycles. The molecule has 4 heteroatoms. The Bertz CT molecular complexity index is 317. The number of hydrogen-bond acceptors (Lipinski definition) is 3. The molecule has 1 amide bonds. The highest BCUT2D eigenvalue weighted by Crippen LogP contribution is 2.28. The van der Waals surface area contributed by atoms with Crippen LogP contribution in [0.3, 0.4) is 0 Å². The summed E-state index contributed by atoms with van der Waals surface area (Å²) in [5.41, 5.74) is -0.500. The van der Waals surface area contributed by atoms with Crippen molar-refractivity contribution < 1.29 is 14.3 Å². The van der Waals surface area contributed by atoms with Crippen LogP contribution in [0.15, 0.2) is 0 Å². The topological polar surface area (TPSA) is 55.4 Å². The van der Waals surface area contributed by atoms with Crippen LogP contribution in [0.1, 0.15) is 53.9 Å². The first-order valence-electron chi connectivity index (χ1n) is 6.74. The van der Waals surface area contributed by atoms with Crippen molar-refractivity contribution in [2.45, 2.75) is 65.5 Å². The number of hydrogen-bond donors (Lipinski definition) is 1. The third-order valence-corrected chi connectivity index (χ3v) is 3.15. The molecule has 0 bridgehead atoms. The van der Waals surface area contributed by atoms with Gasteiger partial charge in [0.25, 0.3) is 0 Å². The smallest absolute Gasteiger partial charge is 0.407 e. The summed E-state index contributed by atoms with van der Waals surface area (Å²) in [6.07, 6.45) is 2.31. The molecule has 4 nitrogen and oxygen atoms in total. The van der Waals surface area contributed by atoms with E-state index in [1.807, 2.05) is 34.6 Å². The van der Waals surface area contributed by atoms with E-state index in [1.54, 1.807) is 0 Å². The molecular formula is C14H25NO3. The van der Waals surface area contributed by atoms with Gasteiger partial charge in [-0.3, -0.25) is 4.79 Å². The number of ketones is 1. The van der Waals surface area contributed by atoms with Crippen molar-refractivity contribution in [1.82, 2.24) is 5.32 Å². The summed E-state index contributed by atoms with van der Waals surface area (Å²) in [4.78, 5) is 23.7. The predicted octanol–water partition coefficient (Wildman–Crippen LogP) is 2.90. The fourth-order valence-electron chi connectivity index (χ4n) is 2.36. The lowest BCUT2D eigenvalue weighted by Gasteiger charge is -2.25. The number of Topliss-reactive ketones (excluding diaryl/α,β-unsaturated/α-hetero) is 1. The van der Waals surface area contributed by atoms with E-state index >= 15 is 0 Å². The SMILES string of the molecule is CC(C)C(=O)[C@@H]1CCC[C@H]1NC(=O)OC(C)(C)C. The summed E-state index contributed by atoms with van der Waals surface area (Å²) >= 11 is 0. The van der Waals surface area contributed by atoms with Gasteiger partial charge in [-0.25, -0.2) is 4.79 Å².